The standard InChI is InChI=1S/C18H35NO/c1-18(2,3)15-10-11-16(19-4)17(12-15)20-13-14-8-6-5-7-9-14/h14-17,19H,5-13H2,1-4H3. The zero-order valence-electron chi connectivity index (χ0n) is 14.1. The van der Waals surface area contributed by atoms with E-state index in [1.807, 2.05) is 0 Å². The lowest BCUT2D eigenvalue weighted by Gasteiger charge is -2.42. The highest BCUT2D eigenvalue weighted by atomic mass is 16.5. The van der Waals surface area contributed by atoms with E-state index in [0.29, 0.717) is 17.6 Å². The molecular formula is C18H35NO. The van der Waals surface area contributed by atoms with Crippen molar-refractivity contribution in [3.8, 4) is 0 Å². The van der Waals surface area contributed by atoms with Gasteiger partial charge < -0.3 is 10.1 Å². The molecule has 0 aromatic carbocycles. The lowest BCUT2D eigenvalue weighted by atomic mass is 9.70. The summed E-state index contributed by atoms with van der Waals surface area (Å²) in [5, 5.41) is 3.49. The number of likely N-dealkylation sites (N-methyl/N-ethyl adjacent to an activating group) is 1. The average molecular weight is 281 g/mol. The normalized spacial score (nSPS) is 33.3. The molecule has 2 nitrogen and oxygen atoms in total. The highest BCUT2D eigenvalue weighted by Gasteiger charge is 2.36. The number of nitrogens with one attached hydrogen (secondary N) is 1. The van der Waals surface area contributed by atoms with Crippen LogP contribution in [0.2, 0.25) is 0 Å². The topological polar surface area (TPSA) is 21.3 Å². The summed E-state index contributed by atoms with van der Waals surface area (Å²) in [4.78, 5) is 0. The van der Waals surface area contributed by atoms with Crippen LogP contribution in [0.5, 0.6) is 0 Å². The molecule has 118 valence electrons. The maximum Gasteiger partial charge on any atom is 0.0730 e. The summed E-state index contributed by atoms with van der Waals surface area (Å²) in [5.41, 5.74) is 0.422. The Morgan fingerprint density at radius 2 is 1.70 bits per heavy atom. The fourth-order valence-electron chi connectivity index (χ4n) is 4.04. The van der Waals surface area contributed by atoms with Gasteiger partial charge in [0.15, 0.2) is 0 Å². The molecule has 0 bridgehead atoms. The van der Waals surface area contributed by atoms with Gasteiger partial charge in [-0.1, -0.05) is 40.0 Å². The van der Waals surface area contributed by atoms with Gasteiger partial charge >= 0.3 is 0 Å². The van der Waals surface area contributed by atoms with Crippen molar-refractivity contribution in [2.45, 2.75) is 84.3 Å². The Hall–Kier alpha value is -0.0800. The molecule has 0 spiro atoms. The lowest BCUT2D eigenvalue weighted by molar-refractivity contribution is -0.0430. The molecule has 0 aliphatic heterocycles. The molecular weight excluding hydrogens is 246 g/mol. The minimum atomic E-state index is 0.422. The Labute approximate surface area is 126 Å². The van der Waals surface area contributed by atoms with Crippen LogP contribution in [-0.4, -0.2) is 25.8 Å². The largest absolute Gasteiger partial charge is 0.376 e. The van der Waals surface area contributed by atoms with Crippen LogP contribution in [0.3, 0.4) is 0 Å². The number of hydrogen-bond acceptors (Lipinski definition) is 2. The molecule has 2 rings (SSSR count). The maximum atomic E-state index is 6.39. The van der Waals surface area contributed by atoms with Crippen LogP contribution < -0.4 is 5.32 Å². The van der Waals surface area contributed by atoms with Crippen molar-refractivity contribution in [3.05, 3.63) is 0 Å². The average Bonchev–Trinajstić information content (AvgIpc) is 2.45. The first-order chi connectivity index (χ1) is 9.50. The van der Waals surface area contributed by atoms with Crippen molar-refractivity contribution in [2.75, 3.05) is 13.7 Å². The molecule has 20 heavy (non-hydrogen) atoms. The SMILES string of the molecule is CNC1CCC(C(C)(C)C)CC1OCC1CCCCC1. The zero-order valence-corrected chi connectivity index (χ0v) is 14.1. The molecule has 0 radical (unpaired) electrons. The Kier molecular flexibility index (Phi) is 5.92. The van der Waals surface area contributed by atoms with E-state index in [1.165, 1.54) is 51.4 Å². The number of ether oxygens (including phenoxy) is 1. The summed E-state index contributed by atoms with van der Waals surface area (Å²) in [6, 6.07) is 0.567. The second-order valence-corrected chi connectivity index (χ2v) is 8.15. The zero-order chi connectivity index (χ0) is 14.6. The summed E-state index contributed by atoms with van der Waals surface area (Å²) < 4.78 is 6.39. The van der Waals surface area contributed by atoms with Crippen molar-refractivity contribution < 1.29 is 4.74 Å². The van der Waals surface area contributed by atoms with Gasteiger partial charge in [-0.3, -0.25) is 0 Å². The lowest BCUT2D eigenvalue weighted by Crippen LogP contribution is -2.46. The van der Waals surface area contributed by atoms with E-state index in [-0.39, 0.29) is 0 Å². The Morgan fingerprint density at radius 1 is 1.00 bits per heavy atom. The molecule has 1 N–H and O–H groups in total. The summed E-state index contributed by atoms with van der Waals surface area (Å²) in [7, 11) is 2.10. The van der Waals surface area contributed by atoms with Gasteiger partial charge in [0.1, 0.15) is 0 Å². The molecule has 0 aromatic heterocycles. The Bertz CT molecular complexity index is 278. The van der Waals surface area contributed by atoms with E-state index in [0.717, 1.165) is 18.4 Å². The number of rotatable bonds is 4. The second-order valence-electron chi connectivity index (χ2n) is 8.15. The van der Waals surface area contributed by atoms with E-state index in [2.05, 4.69) is 33.1 Å². The van der Waals surface area contributed by atoms with Crippen LogP contribution in [0.1, 0.15) is 72.1 Å². The molecule has 0 saturated heterocycles. The van der Waals surface area contributed by atoms with Gasteiger partial charge in [0.25, 0.3) is 0 Å². The summed E-state index contributed by atoms with van der Waals surface area (Å²) in [6.07, 6.45) is 11.3. The van der Waals surface area contributed by atoms with Gasteiger partial charge in [-0.15, -0.1) is 0 Å². The molecule has 0 aromatic rings. The van der Waals surface area contributed by atoms with Crippen molar-refractivity contribution in [1.82, 2.24) is 5.32 Å². The van der Waals surface area contributed by atoms with Crippen LogP contribution in [0.25, 0.3) is 0 Å². The highest BCUT2D eigenvalue weighted by molar-refractivity contribution is 4.89. The summed E-state index contributed by atoms with van der Waals surface area (Å²) >= 11 is 0. The van der Waals surface area contributed by atoms with Crippen LogP contribution >= 0.6 is 0 Å². The maximum absolute atomic E-state index is 6.39. The monoisotopic (exact) mass is 281 g/mol. The molecule has 3 unspecified atom stereocenters. The predicted molar refractivity (Wildman–Crippen MR) is 86.0 cm³/mol. The van der Waals surface area contributed by atoms with Gasteiger partial charge in [0, 0.05) is 12.6 Å². The van der Waals surface area contributed by atoms with Crippen molar-refractivity contribution in [1.29, 1.82) is 0 Å². The van der Waals surface area contributed by atoms with Crippen LogP contribution in [0.4, 0.5) is 0 Å². The third-order valence-electron chi connectivity index (χ3n) is 5.66. The van der Waals surface area contributed by atoms with Gasteiger partial charge in [-0.05, 0) is 56.4 Å². The van der Waals surface area contributed by atoms with Crippen molar-refractivity contribution in [2.24, 2.45) is 17.3 Å². The van der Waals surface area contributed by atoms with E-state index in [9.17, 15) is 0 Å². The second kappa shape index (κ2) is 7.26. The molecule has 0 heterocycles. The molecule has 2 heteroatoms. The number of hydrogen-bond donors (Lipinski definition) is 1. The molecule has 0 amide bonds. The van der Waals surface area contributed by atoms with Gasteiger partial charge in [-0.2, -0.15) is 0 Å². The Morgan fingerprint density at radius 3 is 2.30 bits per heavy atom. The molecule has 2 aliphatic carbocycles. The van der Waals surface area contributed by atoms with E-state index in [1.54, 1.807) is 0 Å². The summed E-state index contributed by atoms with van der Waals surface area (Å²) in [6.45, 7) is 8.15. The van der Waals surface area contributed by atoms with E-state index < -0.39 is 0 Å². The molecule has 3 atom stereocenters. The fourth-order valence-corrected chi connectivity index (χ4v) is 4.04. The van der Waals surface area contributed by atoms with Crippen molar-refractivity contribution in [3.63, 3.8) is 0 Å². The quantitative estimate of drug-likeness (QED) is 0.825. The third-order valence-corrected chi connectivity index (χ3v) is 5.66. The summed E-state index contributed by atoms with van der Waals surface area (Å²) in [5.74, 6) is 1.64. The predicted octanol–water partition coefficient (Wildman–Crippen LogP) is 4.39. The third kappa shape index (κ3) is 4.46. The minimum Gasteiger partial charge on any atom is -0.376 e. The van der Waals surface area contributed by atoms with Crippen LogP contribution in [0, 0.1) is 17.3 Å². The Balaban J connectivity index is 1.84. The first kappa shape index (κ1) is 16.3. The van der Waals surface area contributed by atoms with Crippen LogP contribution in [0.15, 0.2) is 0 Å². The highest BCUT2D eigenvalue weighted by Crippen LogP contribution is 2.39. The smallest absolute Gasteiger partial charge is 0.0730 e. The molecule has 2 saturated carbocycles. The van der Waals surface area contributed by atoms with Gasteiger partial charge in [0.2, 0.25) is 0 Å². The fraction of sp³-hybridized carbons (Fsp3) is 1.00. The minimum absolute atomic E-state index is 0.422. The van der Waals surface area contributed by atoms with E-state index in [4.69, 9.17) is 4.74 Å². The molecule has 2 aliphatic rings. The van der Waals surface area contributed by atoms with Gasteiger partial charge in [-0.25, -0.2) is 0 Å². The first-order valence-electron chi connectivity index (χ1n) is 8.79. The van der Waals surface area contributed by atoms with Gasteiger partial charge in [0.05, 0.1) is 6.10 Å². The van der Waals surface area contributed by atoms with Crippen molar-refractivity contribution >= 4 is 0 Å². The van der Waals surface area contributed by atoms with Crippen LogP contribution in [-0.2, 0) is 4.74 Å². The first-order valence-corrected chi connectivity index (χ1v) is 8.79. The van der Waals surface area contributed by atoms with E-state index >= 15 is 0 Å². The molecule has 2 fully saturated rings.